The molecular formula is C17H19BrFNS. The molecular weight excluding hydrogens is 349 g/mol. The van der Waals surface area contributed by atoms with Crippen LogP contribution >= 0.6 is 27.7 Å². The van der Waals surface area contributed by atoms with Crippen molar-refractivity contribution in [1.29, 1.82) is 0 Å². The molecule has 1 nitrogen and oxygen atoms in total. The molecule has 112 valence electrons. The molecule has 0 aliphatic heterocycles. The summed E-state index contributed by atoms with van der Waals surface area (Å²) in [7, 11) is 0. The Kier molecular flexibility index (Phi) is 6.74. The quantitative estimate of drug-likeness (QED) is 0.698. The van der Waals surface area contributed by atoms with Gasteiger partial charge in [0.2, 0.25) is 0 Å². The highest BCUT2D eigenvalue weighted by Crippen LogP contribution is 2.23. The van der Waals surface area contributed by atoms with Crippen LogP contribution in [0.5, 0.6) is 0 Å². The first-order chi connectivity index (χ1) is 10.2. The first-order valence-electron chi connectivity index (χ1n) is 7.04. The van der Waals surface area contributed by atoms with E-state index in [1.54, 1.807) is 17.8 Å². The fraction of sp³-hybridized carbons (Fsp3) is 0.294. The van der Waals surface area contributed by atoms with E-state index in [1.165, 1.54) is 11.0 Å². The summed E-state index contributed by atoms with van der Waals surface area (Å²) in [5, 5.41) is 3.44. The molecule has 0 aliphatic rings. The molecule has 0 aliphatic carbocycles. The van der Waals surface area contributed by atoms with Gasteiger partial charge >= 0.3 is 0 Å². The largest absolute Gasteiger partial charge is 0.313 e. The van der Waals surface area contributed by atoms with Gasteiger partial charge < -0.3 is 5.32 Å². The van der Waals surface area contributed by atoms with Gasteiger partial charge in [0.15, 0.2) is 0 Å². The smallest absolute Gasteiger partial charge is 0.126 e. The summed E-state index contributed by atoms with van der Waals surface area (Å²) in [4.78, 5) is 1.22. The van der Waals surface area contributed by atoms with Crippen molar-refractivity contribution in [2.75, 3.05) is 12.3 Å². The second kappa shape index (κ2) is 8.57. The number of nitrogens with one attached hydrogen (secondary N) is 1. The predicted octanol–water partition coefficient (Wildman–Crippen LogP) is 4.90. The van der Waals surface area contributed by atoms with Crippen LogP contribution in [0.15, 0.2) is 57.9 Å². The van der Waals surface area contributed by atoms with Crippen molar-refractivity contribution >= 4 is 27.7 Å². The molecule has 0 heterocycles. The zero-order chi connectivity index (χ0) is 15.1. The highest BCUT2D eigenvalue weighted by Gasteiger charge is 2.12. The monoisotopic (exact) mass is 367 g/mol. The number of thioether (sulfide) groups is 1. The lowest BCUT2D eigenvalue weighted by Gasteiger charge is -2.18. The van der Waals surface area contributed by atoms with E-state index < -0.39 is 0 Å². The normalized spacial score (nSPS) is 12.3. The van der Waals surface area contributed by atoms with Crippen molar-refractivity contribution < 1.29 is 4.39 Å². The fourth-order valence-electron chi connectivity index (χ4n) is 2.16. The van der Waals surface area contributed by atoms with Gasteiger partial charge in [0.1, 0.15) is 5.82 Å². The molecule has 2 aromatic rings. The van der Waals surface area contributed by atoms with Crippen LogP contribution in [0.4, 0.5) is 4.39 Å². The summed E-state index contributed by atoms with van der Waals surface area (Å²) in [6, 6.07) is 15.5. The highest BCUT2D eigenvalue weighted by atomic mass is 79.9. The summed E-state index contributed by atoms with van der Waals surface area (Å²) in [5.41, 5.74) is 0.776. The van der Waals surface area contributed by atoms with Crippen molar-refractivity contribution in [3.63, 3.8) is 0 Å². The third kappa shape index (κ3) is 5.46. The summed E-state index contributed by atoms with van der Waals surface area (Å²) in [6.45, 7) is 2.97. The van der Waals surface area contributed by atoms with Crippen molar-refractivity contribution in [3.8, 4) is 0 Å². The van der Waals surface area contributed by atoms with Crippen LogP contribution < -0.4 is 5.32 Å². The minimum atomic E-state index is -0.118. The molecule has 0 aromatic heterocycles. The molecule has 2 rings (SSSR count). The Bertz CT molecular complexity index is 576. The number of likely N-dealkylation sites (N-methyl/N-ethyl adjacent to an activating group) is 1. The topological polar surface area (TPSA) is 12.0 Å². The molecule has 2 aromatic carbocycles. The average Bonchev–Trinajstić information content (AvgIpc) is 2.47. The number of hydrogen-bond donors (Lipinski definition) is 1. The molecule has 0 spiro atoms. The Morgan fingerprint density at radius 3 is 2.71 bits per heavy atom. The van der Waals surface area contributed by atoms with Crippen molar-refractivity contribution in [2.24, 2.45) is 0 Å². The Morgan fingerprint density at radius 2 is 2.00 bits per heavy atom. The van der Waals surface area contributed by atoms with E-state index in [1.807, 2.05) is 24.3 Å². The first-order valence-corrected chi connectivity index (χ1v) is 8.82. The molecule has 1 unspecified atom stereocenters. The van der Waals surface area contributed by atoms with E-state index in [9.17, 15) is 4.39 Å². The van der Waals surface area contributed by atoms with Gasteiger partial charge in [-0.3, -0.25) is 0 Å². The van der Waals surface area contributed by atoms with Gasteiger partial charge in [-0.15, -0.1) is 11.8 Å². The second-order valence-electron chi connectivity index (χ2n) is 4.82. The zero-order valence-corrected chi connectivity index (χ0v) is 14.4. The maximum atomic E-state index is 13.8. The van der Waals surface area contributed by atoms with Crippen LogP contribution in [0.25, 0.3) is 0 Å². The van der Waals surface area contributed by atoms with Gasteiger partial charge in [0, 0.05) is 21.2 Å². The molecule has 4 heteroatoms. The summed E-state index contributed by atoms with van der Waals surface area (Å²) >= 11 is 5.28. The molecule has 1 atom stereocenters. The maximum absolute atomic E-state index is 13.8. The Balaban J connectivity index is 1.97. The first kappa shape index (κ1) is 16.5. The van der Waals surface area contributed by atoms with E-state index in [4.69, 9.17) is 0 Å². The lowest BCUT2D eigenvalue weighted by atomic mass is 10.1. The van der Waals surface area contributed by atoms with E-state index in [-0.39, 0.29) is 11.9 Å². The maximum Gasteiger partial charge on any atom is 0.126 e. The fourth-order valence-corrected chi connectivity index (χ4v) is 3.73. The van der Waals surface area contributed by atoms with Crippen molar-refractivity contribution in [1.82, 2.24) is 5.32 Å². The third-order valence-corrected chi connectivity index (χ3v) is 4.81. The minimum absolute atomic E-state index is 0.118. The molecule has 21 heavy (non-hydrogen) atoms. The van der Waals surface area contributed by atoms with Gasteiger partial charge in [-0.2, -0.15) is 0 Å². The lowest BCUT2D eigenvalue weighted by molar-refractivity contribution is 0.545. The summed E-state index contributed by atoms with van der Waals surface area (Å²) in [6.07, 6.45) is 0.710. The molecule has 0 fully saturated rings. The number of rotatable bonds is 7. The predicted molar refractivity (Wildman–Crippen MR) is 92.4 cm³/mol. The molecule has 0 radical (unpaired) electrons. The summed E-state index contributed by atoms with van der Waals surface area (Å²) in [5.74, 6) is 0.798. The van der Waals surface area contributed by atoms with Crippen LogP contribution in [-0.2, 0) is 6.42 Å². The van der Waals surface area contributed by atoms with E-state index >= 15 is 0 Å². The molecule has 0 saturated heterocycles. The van der Waals surface area contributed by atoms with Crippen LogP contribution in [-0.4, -0.2) is 18.3 Å². The highest BCUT2D eigenvalue weighted by molar-refractivity contribution is 9.10. The van der Waals surface area contributed by atoms with Crippen LogP contribution in [0, 0.1) is 5.82 Å². The third-order valence-electron chi connectivity index (χ3n) is 3.16. The number of hydrogen-bond acceptors (Lipinski definition) is 2. The average molecular weight is 368 g/mol. The molecule has 1 N–H and O–H groups in total. The van der Waals surface area contributed by atoms with Crippen LogP contribution in [0.3, 0.4) is 0 Å². The molecule has 0 bridgehead atoms. The molecule has 0 saturated carbocycles. The van der Waals surface area contributed by atoms with E-state index in [2.05, 4.69) is 40.3 Å². The van der Waals surface area contributed by atoms with Crippen LogP contribution in [0.2, 0.25) is 0 Å². The van der Waals surface area contributed by atoms with Crippen LogP contribution in [0.1, 0.15) is 12.5 Å². The van der Waals surface area contributed by atoms with E-state index in [0.29, 0.717) is 6.42 Å². The zero-order valence-electron chi connectivity index (χ0n) is 12.0. The van der Waals surface area contributed by atoms with Crippen molar-refractivity contribution in [2.45, 2.75) is 24.3 Å². The van der Waals surface area contributed by atoms with Gasteiger partial charge in [-0.25, -0.2) is 4.39 Å². The lowest BCUT2D eigenvalue weighted by Crippen LogP contribution is -2.33. The van der Waals surface area contributed by atoms with Gasteiger partial charge in [-0.05, 0) is 42.8 Å². The Hall–Kier alpha value is -0.840. The van der Waals surface area contributed by atoms with Gasteiger partial charge in [0.05, 0.1) is 0 Å². The standard InChI is InChI=1S/C17H19BrFNS/c1-2-20-15(10-13-6-3-4-9-17(13)19)12-21-16-8-5-7-14(18)11-16/h3-9,11,15,20H,2,10,12H2,1H3. The number of halogens is 2. The number of benzene rings is 2. The van der Waals surface area contributed by atoms with Gasteiger partial charge in [0.25, 0.3) is 0 Å². The van der Waals surface area contributed by atoms with E-state index in [0.717, 1.165) is 22.3 Å². The Labute approximate surface area is 138 Å². The Morgan fingerprint density at radius 1 is 1.19 bits per heavy atom. The van der Waals surface area contributed by atoms with Crippen molar-refractivity contribution in [3.05, 3.63) is 64.4 Å². The minimum Gasteiger partial charge on any atom is -0.313 e. The van der Waals surface area contributed by atoms with Gasteiger partial charge in [-0.1, -0.05) is 47.1 Å². The SMILES string of the molecule is CCNC(CSc1cccc(Br)c1)Cc1ccccc1F. The second-order valence-corrected chi connectivity index (χ2v) is 6.83. The summed E-state index contributed by atoms with van der Waals surface area (Å²) < 4.78 is 14.9. The molecule has 0 amide bonds.